The molecule has 1 aliphatic heterocycles. The maximum absolute atomic E-state index is 11.2. The molecule has 1 saturated heterocycles. The van der Waals surface area contributed by atoms with Crippen LogP contribution in [0.1, 0.15) is 16.0 Å². The maximum atomic E-state index is 11.2. The zero-order valence-electron chi connectivity index (χ0n) is 15.4. The van der Waals surface area contributed by atoms with Crippen LogP contribution in [0.5, 0.6) is 5.75 Å². The Morgan fingerprint density at radius 3 is 2.61 bits per heavy atom. The highest BCUT2D eigenvalue weighted by Crippen LogP contribution is 2.46. The predicted molar refractivity (Wildman–Crippen MR) is 115 cm³/mol. The molecular formula is C17H24Cl2N3O4PS. The highest BCUT2D eigenvalue weighted by molar-refractivity contribution is 7.51. The summed E-state index contributed by atoms with van der Waals surface area (Å²) in [5.74, 6) is 0.509. The molecule has 1 aromatic heterocycles. The van der Waals surface area contributed by atoms with Crippen LogP contribution >= 0.6 is 43.7 Å². The standard InChI is InChI=1S/C17H22N3O4PS.2ClH/c1-19-4-6-20(7-5-19)9-12-2-3-14(24-11-25(21,22)23)16-13(12)8-15-17(16)18-10-26-15;;/h2-3,10H,4-9,11H2,1H3,(H2,21,22,23);2*1H. The van der Waals surface area contributed by atoms with E-state index in [0.29, 0.717) is 5.75 Å². The molecular weight excluding hydrogens is 444 g/mol. The molecule has 0 unspecified atom stereocenters. The number of halogens is 2. The van der Waals surface area contributed by atoms with Crippen molar-refractivity contribution in [1.29, 1.82) is 0 Å². The van der Waals surface area contributed by atoms with E-state index < -0.39 is 13.9 Å². The van der Waals surface area contributed by atoms with Gasteiger partial charge in [-0.2, -0.15) is 0 Å². The zero-order valence-corrected chi connectivity index (χ0v) is 18.8. The van der Waals surface area contributed by atoms with Gasteiger partial charge in [0.15, 0.2) is 6.35 Å². The summed E-state index contributed by atoms with van der Waals surface area (Å²) in [4.78, 5) is 28.7. The Morgan fingerprint density at radius 2 is 1.93 bits per heavy atom. The second-order valence-electron chi connectivity index (χ2n) is 6.89. The van der Waals surface area contributed by atoms with Crippen molar-refractivity contribution in [3.63, 3.8) is 0 Å². The van der Waals surface area contributed by atoms with Gasteiger partial charge in [-0.1, -0.05) is 6.07 Å². The molecule has 28 heavy (non-hydrogen) atoms. The van der Waals surface area contributed by atoms with Crippen LogP contribution in [0.15, 0.2) is 17.6 Å². The van der Waals surface area contributed by atoms with Crippen LogP contribution in [-0.4, -0.2) is 64.1 Å². The van der Waals surface area contributed by atoms with E-state index in [4.69, 9.17) is 14.5 Å². The van der Waals surface area contributed by atoms with Gasteiger partial charge in [0.2, 0.25) is 0 Å². The molecule has 7 nitrogen and oxygen atoms in total. The van der Waals surface area contributed by atoms with Crippen molar-refractivity contribution >= 4 is 43.7 Å². The van der Waals surface area contributed by atoms with Crippen LogP contribution in [0.4, 0.5) is 0 Å². The Balaban J connectivity index is 0.00000140. The number of fused-ring (bicyclic) bond motifs is 3. The van der Waals surface area contributed by atoms with Crippen molar-refractivity contribution < 1.29 is 19.1 Å². The van der Waals surface area contributed by atoms with E-state index in [-0.39, 0.29) is 24.8 Å². The molecule has 0 amide bonds. The third kappa shape index (κ3) is 5.07. The van der Waals surface area contributed by atoms with Gasteiger partial charge in [-0.05, 0) is 24.2 Å². The smallest absolute Gasteiger partial charge is 0.362 e. The molecule has 1 fully saturated rings. The van der Waals surface area contributed by atoms with Crippen LogP contribution in [0.2, 0.25) is 0 Å². The minimum Gasteiger partial charge on any atom is -0.480 e. The molecule has 2 aliphatic rings. The molecule has 4 rings (SSSR count). The Kier molecular flexibility index (Phi) is 7.92. The maximum Gasteiger partial charge on any atom is 0.362 e. The van der Waals surface area contributed by atoms with E-state index in [2.05, 4.69) is 21.8 Å². The summed E-state index contributed by atoms with van der Waals surface area (Å²) < 4.78 is 16.7. The van der Waals surface area contributed by atoms with Crippen LogP contribution in [0.25, 0.3) is 11.3 Å². The summed E-state index contributed by atoms with van der Waals surface area (Å²) >= 11 is 1.62. The van der Waals surface area contributed by atoms with Crippen molar-refractivity contribution in [3.05, 3.63) is 33.6 Å². The lowest BCUT2D eigenvalue weighted by atomic mass is 10.0. The van der Waals surface area contributed by atoms with E-state index in [9.17, 15) is 4.57 Å². The number of hydrogen-bond acceptors (Lipinski definition) is 6. The first-order chi connectivity index (χ1) is 12.4. The number of thiazole rings is 1. The van der Waals surface area contributed by atoms with Crippen LogP contribution in [0, 0.1) is 0 Å². The average molecular weight is 468 g/mol. The van der Waals surface area contributed by atoms with Crippen molar-refractivity contribution in [1.82, 2.24) is 14.8 Å². The van der Waals surface area contributed by atoms with Crippen molar-refractivity contribution in [2.45, 2.75) is 13.0 Å². The molecule has 2 aromatic rings. The van der Waals surface area contributed by atoms with E-state index >= 15 is 0 Å². The number of likely N-dealkylation sites (N-methyl/N-ethyl adjacent to an activating group) is 1. The summed E-state index contributed by atoms with van der Waals surface area (Å²) in [6, 6.07) is 3.86. The second kappa shape index (κ2) is 9.41. The summed E-state index contributed by atoms with van der Waals surface area (Å²) in [6.45, 7) is 5.11. The van der Waals surface area contributed by atoms with Gasteiger partial charge in [-0.25, -0.2) is 4.98 Å². The molecule has 2 N–H and O–H groups in total. The minimum absolute atomic E-state index is 0. The summed E-state index contributed by atoms with van der Waals surface area (Å²) in [6.07, 6.45) is 0.197. The monoisotopic (exact) mass is 467 g/mol. The van der Waals surface area contributed by atoms with E-state index in [1.807, 2.05) is 17.6 Å². The first kappa shape index (κ1) is 23.6. The molecule has 0 saturated carbocycles. The van der Waals surface area contributed by atoms with Gasteiger partial charge < -0.3 is 19.4 Å². The van der Waals surface area contributed by atoms with Gasteiger partial charge in [0, 0.05) is 49.6 Å². The predicted octanol–water partition coefficient (Wildman–Crippen LogP) is 2.82. The van der Waals surface area contributed by atoms with Gasteiger partial charge in [0.1, 0.15) is 5.75 Å². The molecule has 0 atom stereocenters. The highest BCUT2D eigenvalue weighted by atomic mass is 35.5. The number of nitrogens with zero attached hydrogens (tertiary/aromatic N) is 3. The van der Waals surface area contributed by atoms with Gasteiger partial charge in [0.25, 0.3) is 0 Å². The number of hydrogen-bond donors (Lipinski definition) is 2. The first-order valence-corrected chi connectivity index (χ1v) is 11.2. The fourth-order valence-corrected chi connectivity index (χ4v) is 4.65. The molecule has 156 valence electrons. The lowest BCUT2D eigenvalue weighted by Crippen LogP contribution is -2.44. The van der Waals surface area contributed by atoms with E-state index in [1.165, 1.54) is 16.0 Å². The van der Waals surface area contributed by atoms with Crippen molar-refractivity contribution in [2.75, 3.05) is 39.6 Å². The highest BCUT2D eigenvalue weighted by Gasteiger charge is 2.29. The quantitative estimate of drug-likeness (QED) is 0.557. The topological polar surface area (TPSA) is 86.1 Å². The summed E-state index contributed by atoms with van der Waals surface area (Å²) in [7, 11) is -2.08. The Labute approximate surface area is 180 Å². The third-order valence-electron chi connectivity index (χ3n) is 4.96. The summed E-state index contributed by atoms with van der Waals surface area (Å²) in [5, 5.41) is 0. The fraction of sp³-hybridized carbons (Fsp3) is 0.471. The van der Waals surface area contributed by atoms with Gasteiger partial charge >= 0.3 is 7.60 Å². The van der Waals surface area contributed by atoms with E-state index in [1.54, 1.807) is 11.3 Å². The Hall–Kier alpha value is -0.700. The normalized spacial score (nSPS) is 16.7. The number of piperazine rings is 1. The summed E-state index contributed by atoms with van der Waals surface area (Å²) in [5.41, 5.74) is 6.04. The molecule has 1 aromatic carbocycles. The number of aromatic nitrogens is 1. The van der Waals surface area contributed by atoms with E-state index in [0.717, 1.165) is 50.4 Å². The first-order valence-electron chi connectivity index (χ1n) is 8.56. The second-order valence-corrected chi connectivity index (χ2v) is 9.42. The van der Waals surface area contributed by atoms with Gasteiger partial charge in [0.05, 0.1) is 11.2 Å². The van der Waals surface area contributed by atoms with Crippen LogP contribution < -0.4 is 4.74 Å². The molecule has 0 bridgehead atoms. The molecule has 0 spiro atoms. The number of rotatable bonds is 5. The molecule has 1 aliphatic carbocycles. The van der Waals surface area contributed by atoms with Gasteiger partial charge in [-0.3, -0.25) is 9.46 Å². The lowest BCUT2D eigenvalue weighted by Gasteiger charge is -2.32. The molecule has 2 heterocycles. The van der Waals surface area contributed by atoms with Crippen LogP contribution in [0.3, 0.4) is 0 Å². The molecule has 0 radical (unpaired) electrons. The average Bonchev–Trinajstić information content (AvgIpc) is 3.17. The largest absolute Gasteiger partial charge is 0.480 e. The van der Waals surface area contributed by atoms with Crippen molar-refractivity contribution in [3.8, 4) is 17.0 Å². The minimum atomic E-state index is -4.23. The zero-order chi connectivity index (χ0) is 18.3. The lowest BCUT2D eigenvalue weighted by molar-refractivity contribution is 0.148. The fourth-order valence-electron chi connectivity index (χ4n) is 3.56. The molecule has 11 heteroatoms. The Morgan fingerprint density at radius 1 is 1.21 bits per heavy atom. The number of ether oxygens (including phenoxy) is 1. The van der Waals surface area contributed by atoms with Gasteiger partial charge in [-0.15, -0.1) is 36.2 Å². The van der Waals surface area contributed by atoms with Crippen molar-refractivity contribution in [2.24, 2.45) is 0 Å². The third-order valence-corrected chi connectivity index (χ3v) is 6.26. The Bertz CT molecular complexity index is 868. The number of benzene rings is 1. The van der Waals surface area contributed by atoms with Crippen LogP contribution in [-0.2, 0) is 17.5 Å². The SMILES string of the molecule is CN1CCN(Cc2ccc(OCP(=O)(O)O)c3c2Cc2scnc2-3)CC1.Cl.Cl.